The normalized spacial score (nSPS) is 18.4. The molecular weight excluding hydrogens is 383 g/mol. The first-order valence-corrected chi connectivity index (χ1v) is 9.42. The summed E-state index contributed by atoms with van der Waals surface area (Å²) in [6.07, 6.45) is 1.45. The largest absolute Gasteiger partial charge is 0.444 e. The molecule has 1 aromatic heterocycles. The van der Waals surface area contributed by atoms with Gasteiger partial charge in [0.15, 0.2) is 0 Å². The molecular formula is C21H28F3N3O2. The van der Waals surface area contributed by atoms with Crippen LogP contribution in [0.25, 0.3) is 0 Å². The van der Waals surface area contributed by atoms with Crippen LogP contribution in [0.15, 0.2) is 12.3 Å². The standard InChI is InChI=1S/C21H28F3N3O2/c1-8-14-11-15(21(22,23)24)17(25-12-14)26-9-10-27(16(13-26)19(2,3)4)18(28)29-20(5,6)7/h1,11-12,16H,9-10,13H2,2-7H3. The van der Waals surface area contributed by atoms with Gasteiger partial charge < -0.3 is 14.5 Å². The quantitative estimate of drug-likeness (QED) is 0.636. The number of ether oxygens (including phenoxy) is 1. The summed E-state index contributed by atoms with van der Waals surface area (Å²) in [4.78, 5) is 19.9. The number of hydrogen-bond acceptors (Lipinski definition) is 4. The van der Waals surface area contributed by atoms with Crippen molar-refractivity contribution in [3.8, 4) is 12.3 Å². The van der Waals surface area contributed by atoms with Gasteiger partial charge in [-0.1, -0.05) is 26.7 Å². The lowest BCUT2D eigenvalue weighted by Crippen LogP contribution is -2.60. The minimum absolute atomic E-state index is 0.0702. The van der Waals surface area contributed by atoms with Gasteiger partial charge in [-0.3, -0.25) is 0 Å². The van der Waals surface area contributed by atoms with Crippen LogP contribution >= 0.6 is 0 Å². The number of anilines is 1. The third kappa shape index (κ3) is 5.55. The number of pyridine rings is 1. The molecule has 0 N–H and O–H groups in total. The average Bonchev–Trinajstić information content (AvgIpc) is 2.57. The highest BCUT2D eigenvalue weighted by Gasteiger charge is 2.42. The maximum absolute atomic E-state index is 13.6. The van der Waals surface area contributed by atoms with E-state index in [4.69, 9.17) is 11.2 Å². The third-order valence-electron chi connectivity index (χ3n) is 4.65. The van der Waals surface area contributed by atoms with E-state index in [0.29, 0.717) is 0 Å². The highest BCUT2D eigenvalue weighted by Crippen LogP contribution is 2.38. The predicted octanol–water partition coefficient (Wildman–Crippen LogP) is 4.55. The number of halogens is 3. The van der Waals surface area contributed by atoms with Crippen molar-refractivity contribution in [2.24, 2.45) is 5.41 Å². The number of nitrogens with zero attached hydrogens (tertiary/aromatic N) is 3. The number of rotatable bonds is 1. The van der Waals surface area contributed by atoms with Crippen LogP contribution in [0.5, 0.6) is 0 Å². The van der Waals surface area contributed by atoms with E-state index in [1.54, 1.807) is 30.6 Å². The highest BCUT2D eigenvalue weighted by atomic mass is 19.4. The Bertz CT molecular complexity index is 801. The lowest BCUT2D eigenvalue weighted by molar-refractivity contribution is -0.137. The minimum Gasteiger partial charge on any atom is -0.444 e. The first-order valence-electron chi connectivity index (χ1n) is 9.42. The second-order valence-electron chi connectivity index (χ2n) is 9.24. The van der Waals surface area contributed by atoms with Gasteiger partial charge in [-0.05, 0) is 32.3 Å². The third-order valence-corrected chi connectivity index (χ3v) is 4.65. The lowest BCUT2D eigenvalue weighted by Gasteiger charge is -2.47. The topological polar surface area (TPSA) is 45.7 Å². The molecule has 1 aliphatic heterocycles. The van der Waals surface area contributed by atoms with Crippen molar-refractivity contribution >= 4 is 11.9 Å². The average molecular weight is 411 g/mol. The van der Waals surface area contributed by atoms with Gasteiger partial charge in [0.2, 0.25) is 0 Å². The van der Waals surface area contributed by atoms with E-state index < -0.39 is 23.4 Å². The van der Waals surface area contributed by atoms with E-state index >= 15 is 0 Å². The van der Waals surface area contributed by atoms with Crippen LogP contribution < -0.4 is 4.90 Å². The van der Waals surface area contributed by atoms with E-state index in [9.17, 15) is 18.0 Å². The number of amides is 1. The van der Waals surface area contributed by atoms with Gasteiger partial charge in [0.05, 0.1) is 11.6 Å². The first-order chi connectivity index (χ1) is 13.1. The van der Waals surface area contributed by atoms with E-state index in [2.05, 4.69) is 10.9 Å². The summed E-state index contributed by atoms with van der Waals surface area (Å²) < 4.78 is 46.4. The summed E-state index contributed by atoms with van der Waals surface area (Å²) in [7, 11) is 0. The fourth-order valence-corrected chi connectivity index (χ4v) is 3.25. The molecule has 0 aromatic carbocycles. The predicted molar refractivity (Wildman–Crippen MR) is 106 cm³/mol. The highest BCUT2D eigenvalue weighted by molar-refractivity contribution is 5.69. The lowest BCUT2D eigenvalue weighted by atomic mass is 9.84. The number of hydrogen-bond donors (Lipinski definition) is 0. The van der Waals surface area contributed by atoms with Gasteiger partial charge in [-0.15, -0.1) is 6.42 Å². The zero-order valence-electron chi connectivity index (χ0n) is 17.7. The molecule has 1 fully saturated rings. The smallest absolute Gasteiger partial charge is 0.420 e. The SMILES string of the molecule is C#Cc1cnc(N2CCN(C(=O)OC(C)(C)C)C(C(C)(C)C)C2)c(C(F)(F)F)c1. The summed E-state index contributed by atoms with van der Waals surface area (Å²) in [5.74, 6) is 2.02. The Morgan fingerprint density at radius 2 is 1.83 bits per heavy atom. The number of piperazine rings is 1. The molecule has 29 heavy (non-hydrogen) atoms. The van der Waals surface area contributed by atoms with Crippen LogP contribution in [-0.2, 0) is 10.9 Å². The monoisotopic (exact) mass is 411 g/mol. The number of alkyl halides is 3. The van der Waals surface area contributed by atoms with Crippen LogP contribution in [0.3, 0.4) is 0 Å². The molecule has 0 spiro atoms. The Hall–Kier alpha value is -2.43. The molecule has 0 radical (unpaired) electrons. The molecule has 1 unspecified atom stereocenters. The molecule has 1 amide bonds. The Kier molecular flexibility index (Phi) is 6.12. The maximum Gasteiger partial charge on any atom is 0.420 e. The van der Waals surface area contributed by atoms with Gasteiger partial charge >= 0.3 is 12.3 Å². The maximum atomic E-state index is 13.6. The molecule has 0 saturated carbocycles. The zero-order chi connectivity index (χ0) is 22.2. The molecule has 0 aliphatic carbocycles. The summed E-state index contributed by atoms with van der Waals surface area (Å²) in [5, 5.41) is 0. The van der Waals surface area contributed by atoms with Crippen molar-refractivity contribution in [1.82, 2.24) is 9.88 Å². The van der Waals surface area contributed by atoms with E-state index in [-0.39, 0.29) is 42.5 Å². The summed E-state index contributed by atoms with van der Waals surface area (Å²) >= 11 is 0. The first kappa shape index (κ1) is 22.9. The van der Waals surface area contributed by atoms with Gasteiger partial charge in [0.25, 0.3) is 0 Å². The fourth-order valence-electron chi connectivity index (χ4n) is 3.25. The Morgan fingerprint density at radius 3 is 2.31 bits per heavy atom. The van der Waals surface area contributed by atoms with Crippen molar-refractivity contribution in [2.75, 3.05) is 24.5 Å². The fraction of sp³-hybridized carbons (Fsp3) is 0.619. The van der Waals surface area contributed by atoms with Crippen LogP contribution in [0.4, 0.5) is 23.8 Å². The van der Waals surface area contributed by atoms with Crippen molar-refractivity contribution < 1.29 is 22.7 Å². The second-order valence-corrected chi connectivity index (χ2v) is 9.24. The van der Waals surface area contributed by atoms with Crippen molar-refractivity contribution in [1.29, 1.82) is 0 Å². The molecule has 1 atom stereocenters. The van der Waals surface area contributed by atoms with Crippen LogP contribution in [-0.4, -0.2) is 47.3 Å². The molecule has 2 rings (SSSR count). The van der Waals surface area contributed by atoms with Crippen molar-refractivity contribution in [3.05, 3.63) is 23.4 Å². The summed E-state index contributed by atoms with van der Waals surface area (Å²) in [5.41, 5.74) is -1.84. The molecule has 0 bridgehead atoms. The van der Waals surface area contributed by atoms with Crippen molar-refractivity contribution in [3.63, 3.8) is 0 Å². The van der Waals surface area contributed by atoms with Crippen LogP contribution in [0, 0.1) is 17.8 Å². The Balaban J connectivity index is 2.38. The number of aromatic nitrogens is 1. The molecule has 1 aromatic rings. The van der Waals surface area contributed by atoms with Gasteiger partial charge in [0.1, 0.15) is 11.4 Å². The summed E-state index contributed by atoms with van der Waals surface area (Å²) in [6.45, 7) is 11.8. The Labute approximate surface area is 170 Å². The van der Waals surface area contributed by atoms with Gasteiger partial charge in [0, 0.05) is 31.4 Å². The molecule has 5 nitrogen and oxygen atoms in total. The van der Waals surface area contributed by atoms with E-state index in [0.717, 1.165) is 6.07 Å². The van der Waals surface area contributed by atoms with Gasteiger partial charge in [-0.2, -0.15) is 13.2 Å². The molecule has 160 valence electrons. The van der Waals surface area contributed by atoms with Crippen LogP contribution in [0.2, 0.25) is 0 Å². The molecule has 8 heteroatoms. The number of carbonyl (C=O) groups excluding carboxylic acids is 1. The van der Waals surface area contributed by atoms with E-state index in [1.165, 1.54) is 6.20 Å². The zero-order valence-corrected chi connectivity index (χ0v) is 17.7. The summed E-state index contributed by atoms with van der Waals surface area (Å²) in [6, 6.07) is 0.579. The van der Waals surface area contributed by atoms with Crippen molar-refractivity contribution in [2.45, 2.75) is 59.4 Å². The second kappa shape index (κ2) is 7.77. The Morgan fingerprint density at radius 1 is 1.21 bits per heavy atom. The minimum atomic E-state index is -4.59. The molecule has 1 saturated heterocycles. The van der Waals surface area contributed by atoms with Gasteiger partial charge in [-0.25, -0.2) is 9.78 Å². The van der Waals surface area contributed by atoms with E-state index in [1.807, 2.05) is 20.8 Å². The van der Waals surface area contributed by atoms with Crippen LogP contribution in [0.1, 0.15) is 52.7 Å². The number of carbonyl (C=O) groups is 1. The molecule has 1 aliphatic rings. The molecule has 2 heterocycles. The number of terminal acetylenes is 1.